The molecule has 1 aliphatic carbocycles. The van der Waals surface area contributed by atoms with Crippen molar-refractivity contribution in [2.75, 3.05) is 0 Å². The summed E-state index contributed by atoms with van der Waals surface area (Å²) in [5.74, 6) is 0.119. The third-order valence-corrected chi connectivity index (χ3v) is 4.59. The molecule has 8 atom stereocenters. The number of hydrogen-bond acceptors (Lipinski definition) is 4. The van der Waals surface area contributed by atoms with Gasteiger partial charge in [-0.1, -0.05) is 32.4 Å². The number of aliphatic hydroxyl groups excluding tert-OH is 1. The summed E-state index contributed by atoms with van der Waals surface area (Å²) in [6.45, 7) is 4.08. The van der Waals surface area contributed by atoms with Crippen molar-refractivity contribution in [2.24, 2.45) is 5.92 Å². The van der Waals surface area contributed by atoms with E-state index >= 15 is 0 Å². The number of rotatable bonds is 5. The Morgan fingerprint density at radius 2 is 1.94 bits per heavy atom. The van der Waals surface area contributed by atoms with E-state index < -0.39 is 17.8 Å². The van der Waals surface area contributed by atoms with Crippen LogP contribution in [0.5, 0.6) is 0 Å². The molecule has 0 spiro atoms. The van der Waals surface area contributed by atoms with Gasteiger partial charge in [0.15, 0.2) is 0 Å². The zero-order chi connectivity index (χ0) is 13.1. The second-order valence-electron chi connectivity index (χ2n) is 4.27. The van der Waals surface area contributed by atoms with Gasteiger partial charge >= 0.3 is 0 Å². The quantitative estimate of drug-likeness (QED) is 0.622. The Morgan fingerprint density at radius 3 is 2.35 bits per heavy atom. The fourth-order valence-electron chi connectivity index (χ4n) is 2.34. The van der Waals surface area contributed by atoms with Crippen LogP contribution in [-0.2, 0) is 13.6 Å². The number of aliphatic hydroxyl groups is 1. The molecule has 0 aliphatic heterocycles. The Bertz CT molecular complexity index is 276. The van der Waals surface area contributed by atoms with Crippen molar-refractivity contribution in [3.8, 4) is 0 Å². The maximum Gasteiger partial charge on any atom is 0.133 e. The van der Waals surface area contributed by atoms with E-state index in [0.29, 0.717) is 0 Å². The fraction of sp³-hybridized carbons (Fsp3) is 0.800. The van der Waals surface area contributed by atoms with E-state index in [0.717, 1.165) is 6.42 Å². The average molecular weight is 298 g/mol. The van der Waals surface area contributed by atoms with Crippen molar-refractivity contribution in [1.29, 1.82) is 0 Å². The summed E-state index contributed by atoms with van der Waals surface area (Å²) >= 11 is 0. The van der Waals surface area contributed by atoms with Gasteiger partial charge in [0, 0.05) is 28.4 Å². The first kappa shape index (κ1) is 15.9. The molecule has 0 radical (unpaired) electrons. The largest absolute Gasteiger partial charge is 0.386 e. The Kier molecular flexibility index (Phi) is 6.44. The summed E-state index contributed by atoms with van der Waals surface area (Å²) in [6.07, 6.45) is 2.97. The van der Waals surface area contributed by atoms with E-state index in [4.69, 9.17) is 13.6 Å². The zero-order valence-corrected chi connectivity index (χ0v) is 13.5. The van der Waals surface area contributed by atoms with Crippen molar-refractivity contribution in [3.05, 3.63) is 12.2 Å². The van der Waals surface area contributed by atoms with E-state index in [1.54, 1.807) is 12.2 Å². The lowest BCUT2D eigenvalue weighted by molar-refractivity contribution is -0.148. The predicted octanol–water partition coefficient (Wildman–Crippen LogP) is 1.86. The van der Waals surface area contributed by atoms with Crippen LogP contribution in [0.15, 0.2) is 12.2 Å². The Balaban J connectivity index is 3.17. The molecule has 1 N–H and O–H groups in total. The molecule has 17 heavy (non-hydrogen) atoms. The van der Waals surface area contributed by atoms with Crippen LogP contribution in [0.3, 0.4) is 0 Å². The predicted molar refractivity (Wildman–Crippen MR) is 77.3 cm³/mol. The molecule has 0 bridgehead atoms. The molecule has 100 valence electrons. The minimum atomic E-state index is -0.822. The molecule has 0 fully saturated rings. The molecule has 1 rings (SSSR count). The topological polar surface area (TPSA) is 47.9 Å². The van der Waals surface area contributed by atoms with Gasteiger partial charge in [-0.05, 0) is 5.92 Å². The van der Waals surface area contributed by atoms with Crippen LogP contribution in [0.25, 0.3) is 0 Å². The van der Waals surface area contributed by atoms with Crippen LogP contribution in [0.2, 0.25) is 0 Å². The molecule has 4 unspecified atom stereocenters. The van der Waals surface area contributed by atoms with E-state index in [1.165, 1.54) is 0 Å². The van der Waals surface area contributed by atoms with Crippen molar-refractivity contribution >= 4 is 28.4 Å². The fourth-order valence-corrected chi connectivity index (χ4v) is 3.44. The first-order chi connectivity index (χ1) is 8.08. The van der Waals surface area contributed by atoms with Crippen LogP contribution in [-0.4, -0.2) is 29.0 Å². The maximum atomic E-state index is 10.3. The summed E-state index contributed by atoms with van der Waals surface area (Å²) < 4.78 is 16.3. The summed E-state index contributed by atoms with van der Waals surface area (Å²) in [5.41, 5.74) is -0.822. The highest BCUT2D eigenvalue weighted by Crippen LogP contribution is 2.42. The monoisotopic (exact) mass is 298 g/mol. The van der Waals surface area contributed by atoms with E-state index in [-0.39, 0.29) is 12.0 Å². The lowest BCUT2D eigenvalue weighted by atomic mass is 9.73. The standard InChI is InChI=1S/C10H21O4P3/c1-3-6(2)10(14-17)8(11)5-4-7(12-15)9(10)13-16/h4-9,11H,3,15-17H2,1-2H3/t6?,7-,8+,9+,10-/m0/s1. The number of hydrogen-bond donors (Lipinski definition) is 1. The van der Waals surface area contributed by atoms with E-state index in [1.807, 2.05) is 6.92 Å². The van der Waals surface area contributed by atoms with Crippen molar-refractivity contribution in [1.82, 2.24) is 0 Å². The summed E-state index contributed by atoms with van der Waals surface area (Å²) in [7, 11) is 6.70. The van der Waals surface area contributed by atoms with Crippen LogP contribution in [0.4, 0.5) is 0 Å². The van der Waals surface area contributed by atoms with Gasteiger partial charge in [-0.15, -0.1) is 0 Å². The second kappa shape index (κ2) is 6.87. The molecule has 0 saturated heterocycles. The Labute approximate surface area is 110 Å². The Morgan fingerprint density at radius 1 is 1.29 bits per heavy atom. The summed E-state index contributed by atoms with van der Waals surface area (Å²) in [5, 5.41) is 10.3. The van der Waals surface area contributed by atoms with Crippen LogP contribution >= 0.6 is 28.4 Å². The van der Waals surface area contributed by atoms with Crippen LogP contribution in [0, 0.1) is 5.92 Å². The third-order valence-electron chi connectivity index (χ3n) is 3.58. The van der Waals surface area contributed by atoms with Gasteiger partial charge in [-0.2, -0.15) is 0 Å². The normalized spacial score (nSPS) is 39.3. The molecule has 0 aromatic carbocycles. The summed E-state index contributed by atoms with van der Waals surface area (Å²) in [4.78, 5) is 0. The molecule has 0 amide bonds. The van der Waals surface area contributed by atoms with Gasteiger partial charge in [0.2, 0.25) is 0 Å². The van der Waals surface area contributed by atoms with E-state index in [2.05, 4.69) is 35.3 Å². The van der Waals surface area contributed by atoms with Crippen LogP contribution in [0.1, 0.15) is 20.3 Å². The van der Waals surface area contributed by atoms with Gasteiger partial charge in [-0.3, -0.25) is 0 Å². The molecular formula is C10H21O4P3. The SMILES string of the molecule is CCC(C)[C@]1(OP)[C@H](O)C=C[C@H](OP)[C@H]1OP. The maximum absolute atomic E-state index is 10.3. The first-order valence-electron chi connectivity index (χ1n) is 5.53. The molecule has 1 aliphatic rings. The smallest absolute Gasteiger partial charge is 0.133 e. The highest BCUT2D eigenvalue weighted by atomic mass is 31.0. The van der Waals surface area contributed by atoms with Crippen molar-refractivity contribution < 1.29 is 18.7 Å². The van der Waals surface area contributed by atoms with Gasteiger partial charge in [0.1, 0.15) is 23.9 Å². The van der Waals surface area contributed by atoms with Crippen LogP contribution < -0.4 is 0 Å². The van der Waals surface area contributed by atoms with Gasteiger partial charge in [0.05, 0.1) is 0 Å². The molecule has 0 heterocycles. The average Bonchev–Trinajstić information content (AvgIpc) is 2.37. The molecular weight excluding hydrogens is 277 g/mol. The van der Waals surface area contributed by atoms with Crippen molar-refractivity contribution in [2.45, 2.75) is 44.2 Å². The van der Waals surface area contributed by atoms with E-state index in [9.17, 15) is 5.11 Å². The molecule has 0 saturated carbocycles. The third kappa shape index (κ3) is 2.74. The minimum Gasteiger partial charge on any atom is -0.386 e. The lowest BCUT2D eigenvalue weighted by Gasteiger charge is -2.48. The Hall–Kier alpha value is 0.870. The lowest BCUT2D eigenvalue weighted by Crippen LogP contribution is -2.62. The highest BCUT2D eigenvalue weighted by Gasteiger charge is 2.53. The molecule has 7 heteroatoms. The first-order valence-corrected chi connectivity index (χ1v) is 6.95. The molecule has 0 aromatic rings. The van der Waals surface area contributed by atoms with Gasteiger partial charge < -0.3 is 18.7 Å². The second-order valence-corrected chi connectivity index (χ2v) is 5.05. The minimum absolute atomic E-state index is 0.119. The summed E-state index contributed by atoms with van der Waals surface area (Å²) in [6, 6.07) is 0. The van der Waals surface area contributed by atoms with Gasteiger partial charge in [-0.25, -0.2) is 0 Å². The molecule has 4 nitrogen and oxygen atoms in total. The molecule has 0 aromatic heterocycles. The zero-order valence-electron chi connectivity index (χ0n) is 10.1. The van der Waals surface area contributed by atoms with Crippen molar-refractivity contribution in [3.63, 3.8) is 0 Å². The highest BCUT2D eigenvalue weighted by molar-refractivity contribution is 7.10. The van der Waals surface area contributed by atoms with Gasteiger partial charge in [0.25, 0.3) is 0 Å².